The molecular weight excluding hydrogens is 222 g/mol. The molecule has 0 fully saturated rings. The maximum Gasteiger partial charge on any atom is 0.101 e. The molecule has 0 aliphatic rings. The zero-order valence-corrected chi connectivity index (χ0v) is 12.0. The van der Waals surface area contributed by atoms with Crippen LogP contribution in [0.4, 0.5) is 5.69 Å². The van der Waals surface area contributed by atoms with Gasteiger partial charge in [-0.15, -0.1) is 0 Å². The minimum atomic E-state index is 0.161. The second-order valence-corrected chi connectivity index (χ2v) is 5.82. The van der Waals surface area contributed by atoms with Crippen molar-refractivity contribution in [3.05, 3.63) is 29.3 Å². The Balaban J connectivity index is 3.14. The van der Waals surface area contributed by atoms with Crippen LogP contribution in [0.3, 0.4) is 0 Å². The molecule has 0 amide bonds. The predicted molar refractivity (Wildman–Crippen MR) is 76.4 cm³/mol. The van der Waals surface area contributed by atoms with Gasteiger partial charge in [0.15, 0.2) is 0 Å². The highest BCUT2D eigenvalue weighted by Gasteiger charge is 2.25. The fraction of sp³-hybridized carbons (Fsp3) is 0.533. The smallest absolute Gasteiger partial charge is 0.101 e. The van der Waals surface area contributed by atoms with E-state index < -0.39 is 0 Å². The van der Waals surface area contributed by atoms with Crippen molar-refractivity contribution in [1.29, 1.82) is 5.26 Å². The summed E-state index contributed by atoms with van der Waals surface area (Å²) in [5.41, 5.74) is 8.42. The Labute approximate surface area is 110 Å². The van der Waals surface area contributed by atoms with E-state index in [1.807, 2.05) is 25.2 Å². The third kappa shape index (κ3) is 3.02. The van der Waals surface area contributed by atoms with Crippen LogP contribution in [-0.4, -0.2) is 13.1 Å². The van der Waals surface area contributed by atoms with E-state index in [9.17, 15) is 5.26 Å². The molecule has 0 bridgehead atoms. The zero-order chi connectivity index (χ0) is 13.9. The molecule has 18 heavy (non-hydrogen) atoms. The minimum Gasteiger partial charge on any atom is -0.370 e. The van der Waals surface area contributed by atoms with Gasteiger partial charge in [0.2, 0.25) is 0 Å². The number of anilines is 1. The molecule has 0 spiro atoms. The van der Waals surface area contributed by atoms with Gasteiger partial charge in [-0.25, -0.2) is 0 Å². The van der Waals surface area contributed by atoms with Crippen LogP contribution in [-0.2, 0) is 6.54 Å². The van der Waals surface area contributed by atoms with Gasteiger partial charge >= 0.3 is 0 Å². The van der Waals surface area contributed by atoms with E-state index in [0.29, 0.717) is 18.2 Å². The largest absolute Gasteiger partial charge is 0.370 e. The molecule has 0 saturated heterocycles. The first kappa shape index (κ1) is 14.5. The summed E-state index contributed by atoms with van der Waals surface area (Å²) in [5, 5.41) is 9.25. The van der Waals surface area contributed by atoms with E-state index >= 15 is 0 Å². The van der Waals surface area contributed by atoms with Crippen LogP contribution in [0.5, 0.6) is 0 Å². The SMILES string of the molecule is CC(N(C)c1ccc(CN)cc1C#N)C(C)(C)C. The molecule has 1 atom stereocenters. The molecule has 2 N–H and O–H groups in total. The van der Waals surface area contributed by atoms with Gasteiger partial charge in [-0.2, -0.15) is 5.26 Å². The number of nitrogens with zero attached hydrogens (tertiary/aromatic N) is 2. The molecule has 1 rings (SSSR count). The van der Waals surface area contributed by atoms with Crippen LogP contribution in [0.2, 0.25) is 0 Å². The maximum absolute atomic E-state index is 9.25. The Morgan fingerprint density at radius 3 is 2.44 bits per heavy atom. The van der Waals surface area contributed by atoms with Crippen molar-refractivity contribution in [1.82, 2.24) is 0 Å². The summed E-state index contributed by atoms with van der Waals surface area (Å²) >= 11 is 0. The number of hydrogen-bond acceptors (Lipinski definition) is 3. The number of nitrogens with two attached hydrogens (primary N) is 1. The number of rotatable bonds is 3. The molecule has 1 aromatic rings. The zero-order valence-electron chi connectivity index (χ0n) is 12.0. The quantitative estimate of drug-likeness (QED) is 0.891. The Hall–Kier alpha value is -1.53. The van der Waals surface area contributed by atoms with Crippen molar-refractivity contribution < 1.29 is 0 Å². The van der Waals surface area contributed by atoms with Crippen molar-refractivity contribution in [3.8, 4) is 6.07 Å². The molecule has 3 heteroatoms. The number of nitriles is 1. The van der Waals surface area contributed by atoms with Crippen LogP contribution >= 0.6 is 0 Å². The molecule has 1 aromatic carbocycles. The topological polar surface area (TPSA) is 53.0 Å². The number of benzene rings is 1. The molecule has 0 aliphatic heterocycles. The van der Waals surface area contributed by atoms with Crippen LogP contribution in [0, 0.1) is 16.7 Å². The summed E-state index contributed by atoms with van der Waals surface area (Å²) in [6.45, 7) is 9.25. The third-order valence-corrected chi connectivity index (χ3v) is 3.63. The van der Waals surface area contributed by atoms with E-state index in [-0.39, 0.29) is 5.41 Å². The highest BCUT2D eigenvalue weighted by atomic mass is 15.1. The summed E-state index contributed by atoms with van der Waals surface area (Å²) in [7, 11) is 2.04. The third-order valence-electron chi connectivity index (χ3n) is 3.63. The van der Waals surface area contributed by atoms with Gasteiger partial charge in [0.05, 0.1) is 11.3 Å². The molecule has 0 aromatic heterocycles. The van der Waals surface area contributed by atoms with Crippen molar-refractivity contribution >= 4 is 5.69 Å². The van der Waals surface area contributed by atoms with Crippen LogP contribution in [0.25, 0.3) is 0 Å². The molecule has 0 heterocycles. The van der Waals surface area contributed by atoms with Gasteiger partial charge in [-0.3, -0.25) is 0 Å². The van der Waals surface area contributed by atoms with Crippen molar-refractivity contribution in [2.75, 3.05) is 11.9 Å². The van der Waals surface area contributed by atoms with Gasteiger partial charge in [0, 0.05) is 19.6 Å². The van der Waals surface area contributed by atoms with E-state index in [0.717, 1.165) is 11.3 Å². The Bertz CT molecular complexity index is 452. The lowest BCUT2D eigenvalue weighted by molar-refractivity contribution is 0.329. The van der Waals surface area contributed by atoms with Crippen molar-refractivity contribution in [3.63, 3.8) is 0 Å². The van der Waals surface area contributed by atoms with E-state index in [2.05, 4.69) is 38.7 Å². The molecule has 98 valence electrons. The second-order valence-electron chi connectivity index (χ2n) is 5.82. The summed E-state index contributed by atoms with van der Waals surface area (Å²) in [6, 6.07) is 8.45. The monoisotopic (exact) mass is 245 g/mol. The van der Waals surface area contributed by atoms with Gasteiger partial charge in [0.25, 0.3) is 0 Å². The average molecular weight is 245 g/mol. The summed E-state index contributed by atoms with van der Waals surface area (Å²) in [4.78, 5) is 2.17. The minimum absolute atomic E-state index is 0.161. The summed E-state index contributed by atoms with van der Waals surface area (Å²) in [6.07, 6.45) is 0. The van der Waals surface area contributed by atoms with Crippen molar-refractivity contribution in [2.24, 2.45) is 11.1 Å². The molecule has 0 radical (unpaired) electrons. The van der Waals surface area contributed by atoms with E-state index in [1.54, 1.807) is 0 Å². The normalized spacial score (nSPS) is 12.9. The highest BCUT2D eigenvalue weighted by Crippen LogP contribution is 2.29. The first-order valence-electron chi connectivity index (χ1n) is 6.27. The Morgan fingerprint density at radius 2 is 2.00 bits per heavy atom. The lowest BCUT2D eigenvalue weighted by atomic mass is 9.86. The Kier molecular flexibility index (Phi) is 4.37. The van der Waals surface area contributed by atoms with Gasteiger partial charge < -0.3 is 10.6 Å². The average Bonchev–Trinajstić information content (AvgIpc) is 2.35. The maximum atomic E-state index is 9.25. The lowest BCUT2D eigenvalue weighted by Gasteiger charge is -2.37. The number of hydrogen-bond donors (Lipinski definition) is 1. The lowest BCUT2D eigenvalue weighted by Crippen LogP contribution is -2.39. The van der Waals surface area contributed by atoms with E-state index in [1.165, 1.54) is 0 Å². The molecule has 1 unspecified atom stereocenters. The van der Waals surface area contributed by atoms with Gasteiger partial charge in [-0.05, 0) is 30.0 Å². The molecule has 3 nitrogen and oxygen atoms in total. The first-order chi connectivity index (χ1) is 8.31. The van der Waals surface area contributed by atoms with Crippen LogP contribution < -0.4 is 10.6 Å². The standard InChI is InChI=1S/C15H23N3/c1-11(15(2,3)4)18(5)14-7-6-12(9-16)8-13(14)10-17/h6-8,11H,9,16H2,1-5H3. The van der Waals surface area contributed by atoms with Crippen LogP contribution in [0.1, 0.15) is 38.8 Å². The summed E-state index contributed by atoms with van der Waals surface area (Å²) < 4.78 is 0. The fourth-order valence-corrected chi connectivity index (χ4v) is 1.90. The second kappa shape index (κ2) is 5.41. The fourth-order valence-electron chi connectivity index (χ4n) is 1.90. The van der Waals surface area contributed by atoms with Gasteiger partial charge in [-0.1, -0.05) is 26.8 Å². The first-order valence-corrected chi connectivity index (χ1v) is 6.27. The summed E-state index contributed by atoms with van der Waals surface area (Å²) in [5.74, 6) is 0. The highest BCUT2D eigenvalue weighted by molar-refractivity contribution is 5.60. The van der Waals surface area contributed by atoms with E-state index in [4.69, 9.17) is 5.73 Å². The predicted octanol–water partition coefficient (Wildman–Crippen LogP) is 2.89. The molecular formula is C15H23N3. The Morgan fingerprint density at radius 1 is 1.39 bits per heavy atom. The van der Waals surface area contributed by atoms with Crippen LogP contribution in [0.15, 0.2) is 18.2 Å². The molecule has 0 aliphatic carbocycles. The van der Waals surface area contributed by atoms with Gasteiger partial charge in [0.1, 0.15) is 6.07 Å². The van der Waals surface area contributed by atoms with Crippen molar-refractivity contribution in [2.45, 2.75) is 40.3 Å². The molecule has 0 saturated carbocycles.